The zero-order valence-electron chi connectivity index (χ0n) is 13.7. The Hall–Kier alpha value is -1.64. The average molecular weight is 308 g/mol. The highest BCUT2D eigenvalue weighted by Gasteiger charge is 2.54. The second-order valence-corrected chi connectivity index (χ2v) is 8.43. The van der Waals surface area contributed by atoms with Crippen LogP contribution in [0.5, 0.6) is 0 Å². The lowest BCUT2D eigenvalue weighted by molar-refractivity contribution is -0.144. The standard InChI is InChI=1S/C20H24N2O/c1-12-16-4-2-3-5-17(16)21-18(12)22-19(23)20-9-13-6-14(10-20)8-15(7-13)11-20/h2-5,12-15H,6-11H2,1H3,(H,21,22,23). The van der Waals surface area contributed by atoms with Crippen LogP contribution in [0.25, 0.3) is 0 Å². The minimum atomic E-state index is -0.0915. The van der Waals surface area contributed by atoms with Gasteiger partial charge in [-0.25, -0.2) is 4.99 Å². The van der Waals surface area contributed by atoms with E-state index in [-0.39, 0.29) is 17.2 Å². The summed E-state index contributed by atoms with van der Waals surface area (Å²) in [7, 11) is 0. The number of benzene rings is 1. The molecule has 1 aromatic rings. The van der Waals surface area contributed by atoms with E-state index < -0.39 is 0 Å². The summed E-state index contributed by atoms with van der Waals surface area (Å²) in [5.74, 6) is 3.71. The molecule has 1 aliphatic heterocycles. The Morgan fingerprint density at radius 3 is 2.30 bits per heavy atom. The molecular formula is C20H24N2O. The number of fused-ring (bicyclic) bond motifs is 1. The molecule has 1 unspecified atom stereocenters. The Morgan fingerprint density at radius 2 is 1.70 bits per heavy atom. The fourth-order valence-electron chi connectivity index (χ4n) is 6.10. The minimum absolute atomic E-state index is 0.0915. The number of rotatable bonds is 1. The molecule has 1 aromatic carbocycles. The van der Waals surface area contributed by atoms with Crippen LogP contribution in [-0.2, 0) is 4.79 Å². The molecule has 3 heteroatoms. The van der Waals surface area contributed by atoms with Gasteiger partial charge in [0.1, 0.15) is 5.84 Å². The Morgan fingerprint density at radius 1 is 1.09 bits per heavy atom. The Labute approximate surface area is 137 Å². The Kier molecular flexibility index (Phi) is 2.80. The van der Waals surface area contributed by atoms with Crippen molar-refractivity contribution in [2.24, 2.45) is 28.2 Å². The molecular weight excluding hydrogens is 284 g/mol. The van der Waals surface area contributed by atoms with E-state index in [1.54, 1.807) is 0 Å². The van der Waals surface area contributed by atoms with Crippen LogP contribution >= 0.6 is 0 Å². The summed E-state index contributed by atoms with van der Waals surface area (Å²) in [5, 5.41) is 3.24. The van der Waals surface area contributed by atoms with Gasteiger partial charge < -0.3 is 5.32 Å². The molecule has 0 radical (unpaired) electrons. The van der Waals surface area contributed by atoms with Crippen molar-refractivity contribution in [1.29, 1.82) is 0 Å². The third-order valence-corrected chi connectivity index (χ3v) is 6.82. The lowest BCUT2D eigenvalue weighted by Crippen LogP contribution is -2.54. The van der Waals surface area contributed by atoms with Crippen LogP contribution < -0.4 is 5.32 Å². The largest absolute Gasteiger partial charge is 0.313 e. The van der Waals surface area contributed by atoms with Gasteiger partial charge >= 0.3 is 0 Å². The molecule has 3 nitrogen and oxygen atoms in total. The van der Waals surface area contributed by atoms with E-state index in [1.165, 1.54) is 24.8 Å². The number of nitrogens with zero attached hydrogens (tertiary/aromatic N) is 1. The quantitative estimate of drug-likeness (QED) is 0.831. The van der Waals surface area contributed by atoms with Gasteiger partial charge in [-0.3, -0.25) is 4.79 Å². The van der Waals surface area contributed by atoms with Crippen LogP contribution in [0.3, 0.4) is 0 Å². The van der Waals surface area contributed by atoms with Crippen molar-refractivity contribution in [1.82, 2.24) is 5.32 Å². The number of carbonyl (C=O) groups excluding carboxylic acids is 1. The molecule has 120 valence electrons. The first-order valence-corrected chi connectivity index (χ1v) is 9.12. The number of nitrogens with one attached hydrogen (secondary N) is 1. The number of para-hydroxylation sites is 1. The van der Waals surface area contributed by atoms with Crippen LogP contribution in [0.2, 0.25) is 0 Å². The number of amidine groups is 1. The number of carbonyl (C=O) groups is 1. The highest BCUT2D eigenvalue weighted by atomic mass is 16.2. The monoisotopic (exact) mass is 308 g/mol. The molecule has 4 aliphatic carbocycles. The molecule has 4 bridgehead atoms. The van der Waals surface area contributed by atoms with E-state index in [0.717, 1.165) is 48.5 Å². The number of hydrogen-bond donors (Lipinski definition) is 1. The summed E-state index contributed by atoms with van der Waals surface area (Å²) in [6.45, 7) is 2.14. The van der Waals surface area contributed by atoms with Crippen LogP contribution in [0, 0.1) is 23.2 Å². The maximum Gasteiger partial charge on any atom is 0.231 e. The molecule has 1 heterocycles. The maximum absolute atomic E-state index is 13.2. The van der Waals surface area contributed by atoms with E-state index in [1.807, 2.05) is 12.1 Å². The van der Waals surface area contributed by atoms with E-state index in [9.17, 15) is 4.79 Å². The van der Waals surface area contributed by atoms with E-state index in [0.29, 0.717) is 0 Å². The summed E-state index contributed by atoms with van der Waals surface area (Å²) < 4.78 is 0. The van der Waals surface area contributed by atoms with Crippen molar-refractivity contribution in [3.8, 4) is 0 Å². The highest BCUT2D eigenvalue weighted by molar-refractivity contribution is 6.07. The second-order valence-electron chi connectivity index (χ2n) is 8.43. The SMILES string of the molecule is CC1C(NC(=O)C23CC4CC(CC(C4)C2)C3)=Nc2ccccc21. The molecule has 0 saturated heterocycles. The van der Waals surface area contributed by atoms with E-state index in [4.69, 9.17) is 0 Å². The first-order chi connectivity index (χ1) is 11.1. The summed E-state index contributed by atoms with van der Waals surface area (Å²) in [6, 6.07) is 8.22. The number of hydrogen-bond acceptors (Lipinski definition) is 2. The molecule has 5 aliphatic rings. The molecule has 4 saturated carbocycles. The summed E-state index contributed by atoms with van der Waals surface area (Å²) >= 11 is 0. The van der Waals surface area contributed by atoms with Crippen molar-refractivity contribution in [3.05, 3.63) is 29.8 Å². The van der Waals surface area contributed by atoms with Gasteiger partial charge in [0.2, 0.25) is 5.91 Å². The predicted molar refractivity (Wildman–Crippen MR) is 90.7 cm³/mol. The third-order valence-electron chi connectivity index (χ3n) is 6.82. The van der Waals surface area contributed by atoms with Crippen LogP contribution in [-0.4, -0.2) is 11.7 Å². The lowest BCUT2D eigenvalue weighted by Gasteiger charge is -2.55. The molecule has 1 N–H and O–H groups in total. The molecule has 1 amide bonds. The minimum Gasteiger partial charge on any atom is -0.313 e. The second kappa shape index (κ2) is 4.68. The Balaban J connectivity index is 1.39. The highest BCUT2D eigenvalue weighted by Crippen LogP contribution is 2.60. The summed E-state index contributed by atoms with van der Waals surface area (Å²) in [4.78, 5) is 17.8. The zero-order chi connectivity index (χ0) is 15.6. The first kappa shape index (κ1) is 13.8. The molecule has 0 aromatic heterocycles. The molecule has 0 spiro atoms. The van der Waals surface area contributed by atoms with Gasteiger partial charge in [0.25, 0.3) is 0 Å². The molecule has 6 rings (SSSR count). The van der Waals surface area contributed by atoms with Gasteiger partial charge in [-0.05, 0) is 67.9 Å². The van der Waals surface area contributed by atoms with Gasteiger partial charge in [-0.1, -0.05) is 25.1 Å². The topological polar surface area (TPSA) is 41.5 Å². The average Bonchev–Trinajstić information content (AvgIpc) is 2.83. The van der Waals surface area contributed by atoms with Crippen LogP contribution in [0.1, 0.15) is 56.9 Å². The fourth-order valence-corrected chi connectivity index (χ4v) is 6.10. The van der Waals surface area contributed by atoms with Gasteiger partial charge in [0, 0.05) is 5.92 Å². The molecule has 1 atom stereocenters. The number of amides is 1. The van der Waals surface area contributed by atoms with E-state index >= 15 is 0 Å². The van der Waals surface area contributed by atoms with Crippen molar-refractivity contribution in [2.45, 2.75) is 51.4 Å². The van der Waals surface area contributed by atoms with Gasteiger partial charge in [0.15, 0.2) is 0 Å². The fraction of sp³-hybridized carbons (Fsp3) is 0.600. The normalized spacial score (nSPS) is 40.0. The molecule has 4 fully saturated rings. The van der Waals surface area contributed by atoms with Crippen molar-refractivity contribution in [2.75, 3.05) is 0 Å². The third kappa shape index (κ3) is 2.02. The first-order valence-electron chi connectivity index (χ1n) is 9.12. The van der Waals surface area contributed by atoms with Crippen LogP contribution in [0.15, 0.2) is 29.3 Å². The maximum atomic E-state index is 13.2. The van der Waals surface area contributed by atoms with E-state index in [2.05, 4.69) is 29.4 Å². The summed E-state index contributed by atoms with van der Waals surface area (Å²) in [5.41, 5.74) is 2.15. The van der Waals surface area contributed by atoms with Gasteiger partial charge in [0.05, 0.1) is 11.1 Å². The van der Waals surface area contributed by atoms with Crippen molar-refractivity contribution < 1.29 is 4.79 Å². The lowest BCUT2D eigenvalue weighted by atomic mass is 9.49. The predicted octanol–water partition coefficient (Wildman–Crippen LogP) is 4.17. The van der Waals surface area contributed by atoms with Crippen molar-refractivity contribution in [3.63, 3.8) is 0 Å². The van der Waals surface area contributed by atoms with Gasteiger partial charge in [-0.15, -0.1) is 0 Å². The van der Waals surface area contributed by atoms with Gasteiger partial charge in [-0.2, -0.15) is 0 Å². The van der Waals surface area contributed by atoms with Crippen molar-refractivity contribution >= 4 is 17.4 Å². The van der Waals surface area contributed by atoms with Crippen LogP contribution in [0.4, 0.5) is 5.69 Å². The zero-order valence-corrected chi connectivity index (χ0v) is 13.7. The molecule has 23 heavy (non-hydrogen) atoms. The smallest absolute Gasteiger partial charge is 0.231 e. The summed E-state index contributed by atoms with van der Waals surface area (Å²) in [6.07, 6.45) is 7.44. The number of aliphatic imine (C=N–C) groups is 1. The Bertz CT molecular complexity index is 670.